The fourth-order valence-electron chi connectivity index (χ4n) is 2.96. The van der Waals surface area contributed by atoms with Crippen molar-refractivity contribution in [3.05, 3.63) is 83.4 Å². The average Bonchev–Trinajstić information content (AvgIpc) is 3.17. The van der Waals surface area contributed by atoms with Gasteiger partial charge in [-0.25, -0.2) is 0 Å². The molecule has 1 aromatic heterocycles. The van der Waals surface area contributed by atoms with Crippen LogP contribution in [0.15, 0.2) is 77.2 Å². The van der Waals surface area contributed by atoms with Crippen LogP contribution in [0, 0.1) is 0 Å². The quantitative estimate of drug-likeness (QED) is 0.645. The molecule has 0 aliphatic carbocycles. The van der Waals surface area contributed by atoms with Crippen LogP contribution < -0.4 is 0 Å². The Kier molecular flexibility index (Phi) is 2.97. The maximum Gasteiger partial charge on any atom is 0.0543 e. The lowest BCUT2D eigenvalue weighted by atomic mass is 9.77. The molecule has 102 valence electrons. The van der Waals surface area contributed by atoms with E-state index in [4.69, 9.17) is 0 Å². The standard InChI is InChI=1S/C19H15NS/c1-2-4-15(5-3-1)13-19(9-10-20-14-19)17-6-7-18-16(12-17)8-11-21-18/h1-12,14H,13H2. The van der Waals surface area contributed by atoms with Gasteiger partial charge in [-0.2, -0.15) is 0 Å². The van der Waals surface area contributed by atoms with Gasteiger partial charge in [0.2, 0.25) is 0 Å². The molecule has 2 aromatic carbocycles. The predicted octanol–water partition coefficient (Wildman–Crippen LogP) is 4.98. The highest BCUT2D eigenvalue weighted by Crippen LogP contribution is 2.34. The fraction of sp³-hybridized carbons (Fsp3) is 0.105. The van der Waals surface area contributed by atoms with Crippen LogP contribution in [0.1, 0.15) is 11.1 Å². The van der Waals surface area contributed by atoms with E-state index in [9.17, 15) is 0 Å². The van der Waals surface area contributed by atoms with Crippen LogP contribution in [0.3, 0.4) is 0 Å². The summed E-state index contributed by atoms with van der Waals surface area (Å²) in [6.45, 7) is 0. The predicted molar refractivity (Wildman–Crippen MR) is 91.3 cm³/mol. The molecule has 1 aliphatic heterocycles. The van der Waals surface area contributed by atoms with Crippen LogP contribution in [-0.2, 0) is 11.8 Å². The van der Waals surface area contributed by atoms with Crippen LogP contribution >= 0.6 is 11.3 Å². The number of fused-ring (bicyclic) bond motifs is 1. The molecule has 0 spiro atoms. The molecule has 0 saturated carbocycles. The average molecular weight is 289 g/mol. The third-order valence-electron chi connectivity index (χ3n) is 4.09. The van der Waals surface area contributed by atoms with Crippen molar-refractivity contribution in [3.8, 4) is 0 Å². The molecule has 1 unspecified atom stereocenters. The first-order valence-corrected chi connectivity index (χ1v) is 7.97. The lowest BCUT2D eigenvalue weighted by molar-refractivity contribution is 0.734. The molecular weight excluding hydrogens is 274 g/mol. The van der Waals surface area contributed by atoms with Gasteiger partial charge in [0.15, 0.2) is 0 Å². The van der Waals surface area contributed by atoms with Crippen molar-refractivity contribution in [2.45, 2.75) is 11.8 Å². The molecule has 0 amide bonds. The van der Waals surface area contributed by atoms with E-state index in [1.807, 2.05) is 6.20 Å². The molecule has 2 heteroatoms. The zero-order chi connectivity index (χ0) is 14.1. The van der Waals surface area contributed by atoms with Crippen molar-refractivity contribution < 1.29 is 0 Å². The van der Waals surface area contributed by atoms with E-state index < -0.39 is 0 Å². The van der Waals surface area contributed by atoms with Crippen molar-refractivity contribution in [1.82, 2.24) is 0 Å². The molecule has 0 radical (unpaired) electrons. The summed E-state index contributed by atoms with van der Waals surface area (Å²) in [4.78, 5) is 4.37. The Labute approximate surface area is 128 Å². The Morgan fingerprint density at radius 1 is 1.00 bits per heavy atom. The molecule has 4 rings (SSSR count). The van der Waals surface area contributed by atoms with Gasteiger partial charge in [-0.3, -0.25) is 4.99 Å². The summed E-state index contributed by atoms with van der Waals surface area (Å²) in [7, 11) is 0. The maximum atomic E-state index is 4.37. The number of hydrogen-bond acceptors (Lipinski definition) is 2. The Morgan fingerprint density at radius 3 is 2.71 bits per heavy atom. The molecule has 0 fully saturated rings. The summed E-state index contributed by atoms with van der Waals surface area (Å²) in [6, 6.07) is 19.6. The molecule has 1 atom stereocenters. The van der Waals surface area contributed by atoms with Crippen molar-refractivity contribution in [1.29, 1.82) is 0 Å². The van der Waals surface area contributed by atoms with Gasteiger partial charge < -0.3 is 0 Å². The van der Waals surface area contributed by atoms with Crippen molar-refractivity contribution in [2.75, 3.05) is 0 Å². The monoisotopic (exact) mass is 289 g/mol. The molecule has 0 saturated heterocycles. The van der Waals surface area contributed by atoms with Crippen LogP contribution in [0.25, 0.3) is 10.1 Å². The molecule has 0 bridgehead atoms. The number of rotatable bonds is 3. The van der Waals surface area contributed by atoms with Gasteiger partial charge in [0.25, 0.3) is 0 Å². The summed E-state index contributed by atoms with van der Waals surface area (Å²) < 4.78 is 1.34. The Morgan fingerprint density at radius 2 is 1.90 bits per heavy atom. The molecule has 21 heavy (non-hydrogen) atoms. The van der Waals surface area contributed by atoms with Gasteiger partial charge in [0.1, 0.15) is 0 Å². The SMILES string of the molecule is C1=CC(Cc2ccccc2)(c2ccc3sccc3c2)C=N1. The molecule has 1 nitrogen and oxygen atoms in total. The molecule has 0 N–H and O–H groups in total. The highest BCUT2D eigenvalue weighted by Gasteiger charge is 2.30. The number of allylic oxidation sites excluding steroid dienone is 1. The lowest BCUT2D eigenvalue weighted by Gasteiger charge is -2.25. The Hall–Kier alpha value is -2.19. The van der Waals surface area contributed by atoms with Gasteiger partial charge in [-0.15, -0.1) is 11.3 Å². The van der Waals surface area contributed by atoms with Crippen molar-refractivity contribution in [3.63, 3.8) is 0 Å². The Bertz CT molecular complexity index is 815. The minimum atomic E-state index is -0.114. The first-order chi connectivity index (χ1) is 10.4. The van der Waals surface area contributed by atoms with Crippen LogP contribution in [0.2, 0.25) is 0 Å². The van der Waals surface area contributed by atoms with Gasteiger partial charge in [-0.05, 0) is 52.6 Å². The summed E-state index contributed by atoms with van der Waals surface area (Å²) >= 11 is 1.79. The highest BCUT2D eigenvalue weighted by molar-refractivity contribution is 7.17. The lowest BCUT2D eigenvalue weighted by Crippen LogP contribution is -2.26. The molecule has 3 aromatic rings. The summed E-state index contributed by atoms with van der Waals surface area (Å²) in [5.41, 5.74) is 2.54. The van der Waals surface area contributed by atoms with E-state index in [0.717, 1.165) is 6.42 Å². The first kappa shape index (κ1) is 12.5. The summed E-state index contributed by atoms with van der Waals surface area (Å²) in [6.07, 6.45) is 7.16. The van der Waals surface area contributed by atoms with E-state index in [0.29, 0.717) is 0 Å². The zero-order valence-electron chi connectivity index (χ0n) is 11.6. The van der Waals surface area contributed by atoms with Crippen LogP contribution in [-0.4, -0.2) is 6.21 Å². The second-order valence-corrected chi connectivity index (χ2v) is 6.42. The molecular formula is C19H15NS. The summed E-state index contributed by atoms with van der Waals surface area (Å²) in [5, 5.41) is 3.47. The minimum Gasteiger partial charge on any atom is -0.268 e. The molecule has 2 heterocycles. The topological polar surface area (TPSA) is 12.4 Å². The largest absolute Gasteiger partial charge is 0.268 e. The molecule has 1 aliphatic rings. The van der Waals surface area contributed by atoms with Crippen LogP contribution in [0.4, 0.5) is 0 Å². The van der Waals surface area contributed by atoms with E-state index >= 15 is 0 Å². The number of benzene rings is 2. The first-order valence-electron chi connectivity index (χ1n) is 7.09. The number of hydrogen-bond donors (Lipinski definition) is 0. The Balaban J connectivity index is 1.80. The maximum absolute atomic E-state index is 4.37. The van der Waals surface area contributed by atoms with E-state index in [1.54, 1.807) is 11.3 Å². The van der Waals surface area contributed by atoms with Gasteiger partial charge >= 0.3 is 0 Å². The fourth-order valence-corrected chi connectivity index (χ4v) is 3.73. The number of thiophene rings is 1. The minimum absolute atomic E-state index is 0.114. The van der Waals surface area contributed by atoms with Crippen molar-refractivity contribution >= 4 is 27.6 Å². The highest BCUT2D eigenvalue weighted by atomic mass is 32.1. The van der Waals surface area contributed by atoms with E-state index in [1.165, 1.54) is 21.2 Å². The number of nitrogens with zero attached hydrogens (tertiary/aromatic N) is 1. The smallest absolute Gasteiger partial charge is 0.0543 e. The van der Waals surface area contributed by atoms with E-state index in [-0.39, 0.29) is 5.41 Å². The normalized spacial score (nSPS) is 20.4. The van der Waals surface area contributed by atoms with Crippen molar-refractivity contribution in [2.24, 2.45) is 4.99 Å². The van der Waals surface area contributed by atoms with Gasteiger partial charge in [0, 0.05) is 17.1 Å². The zero-order valence-corrected chi connectivity index (χ0v) is 12.4. The third-order valence-corrected chi connectivity index (χ3v) is 4.99. The van der Waals surface area contributed by atoms with Gasteiger partial charge in [-0.1, -0.05) is 36.4 Å². The van der Waals surface area contributed by atoms with Crippen LogP contribution in [0.5, 0.6) is 0 Å². The summed E-state index contributed by atoms with van der Waals surface area (Å²) in [5.74, 6) is 0. The number of aliphatic imine (C=N–C) groups is 1. The second kappa shape index (κ2) is 4.97. The van der Waals surface area contributed by atoms with E-state index in [2.05, 4.69) is 77.3 Å². The third kappa shape index (κ3) is 2.22. The second-order valence-electron chi connectivity index (χ2n) is 5.47. The van der Waals surface area contributed by atoms with Gasteiger partial charge in [0.05, 0.1) is 5.41 Å².